The van der Waals surface area contributed by atoms with E-state index in [2.05, 4.69) is 18.8 Å². The van der Waals surface area contributed by atoms with Gasteiger partial charge in [0, 0.05) is 30.6 Å². The molecular weight excluding hydrogens is 269 g/mol. The SMILES string of the molecule is CCCC1CC(=O)N(Cc2ccc(C#CCO)cc2F)C1. The van der Waals surface area contributed by atoms with Crippen molar-refractivity contribution in [2.24, 2.45) is 5.92 Å². The van der Waals surface area contributed by atoms with E-state index in [0.717, 1.165) is 19.4 Å². The van der Waals surface area contributed by atoms with Crippen LogP contribution in [0.4, 0.5) is 4.39 Å². The molecule has 0 aromatic heterocycles. The minimum Gasteiger partial charge on any atom is -0.384 e. The van der Waals surface area contributed by atoms with Crippen molar-refractivity contribution in [2.45, 2.75) is 32.7 Å². The maximum atomic E-state index is 14.0. The summed E-state index contributed by atoms with van der Waals surface area (Å²) in [5.41, 5.74) is 1.04. The zero-order chi connectivity index (χ0) is 15.2. The van der Waals surface area contributed by atoms with E-state index in [0.29, 0.717) is 30.0 Å². The molecule has 0 spiro atoms. The summed E-state index contributed by atoms with van der Waals surface area (Å²) >= 11 is 0. The van der Waals surface area contributed by atoms with Crippen LogP contribution in [0.2, 0.25) is 0 Å². The lowest BCUT2D eigenvalue weighted by Crippen LogP contribution is -2.25. The van der Waals surface area contributed by atoms with Crippen molar-refractivity contribution in [3.05, 3.63) is 35.1 Å². The molecule has 1 saturated heterocycles. The zero-order valence-electron chi connectivity index (χ0n) is 12.2. The number of hydrogen-bond donors (Lipinski definition) is 1. The molecule has 112 valence electrons. The van der Waals surface area contributed by atoms with Crippen molar-refractivity contribution in [2.75, 3.05) is 13.2 Å². The highest BCUT2D eigenvalue weighted by Crippen LogP contribution is 2.24. The Bertz CT molecular complexity index is 574. The maximum Gasteiger partial charge on any atom is 0.223 e. The second-order valence-corrected chi connectivity index (χ2v) is 5.40. The minimum absolute atomic E-state index is 0.108. The highest BCUT2D eigenvalue weighted by molar-refractivity contribution is 5.78. The number of carbonyl (C=O) groups excluding carboxylic acids is 1. The van der Waals surface area contributed by atoms with E-state index in [4.69, 9.17) is 5.11 Å². The van der Waals surface area contributed by atoms with Crippen molar-refractivity contribution in [1.82, 2.24) is 4.90 Å². The van der Waals surface area contributed by atoms with E-state index >= 15 is 0 Å². The minimum atomic E-state index is -0.355. The molecule has 1 aliphatic heterocycles. The quantitative estimate of drug-likeness (QED) is 0.864. The molecule has 0 aliphatic carbocycles. The van der Waals surface area contributed by atoms with Gasteiger partial charge < -0.3 is 10.0 Å². The highest BCUT2D eigenvalue weighted by Gasteiger charge is 2.29. The van der Waals surface area contributed by atoms with Crippen LogP contribution in [0.3, 0.4) is 0 Å². The average molecular weight is 289 g/mol. The van der Waals surface area contributed by atoms with Crippen LogP contribution in [0.1, 0.15) is 37.3 Å². The monoisotopic (exact) mass is 289 g/mol. The van der Waals surface area contributed by atoms with Gasteiger partial charge >= 0.3 is 0 Å². The van der Waals surface area contributed by atoms with Crippen LogP contribution in [-0.2, 0) is 11.3 Å². The Morgan fingerprint density at radius 3 is 2.95 bits per heavy atom. The summed E-state index contributed by atoms with van der Waals surface area (Å²) in [6, 6.07) is 4.73. The molecule has 1 atom stereocenters. The second-order valence-electron chi connectivity index (χ2n) is 5.40. The summed E-state index contributed by atoms with van der Waals surface area (Å²) in [6.07, 6.45) is 2.69. The summed E-state index contributed by atoms with van der Waals surface area (Å²) in [4.78, 5) is 13.7. The van der Waals surface area contributed by atoms with Crippen LogP contribution in [0, 0.1) is 23.6 Å². The predicted octanol–water partition coefficient (Wildman–Crippen LogP) is 2.32. The van der Waals surface area contributed by atoms with Gasteiger partial charge in [-0.15, -0.1) is 0 Å². The van der Waals surface area contributed by atoms with Gasteiger partial charge in [0.1, 0.15) is 12.4 Å². The summed E-state index contributed by atoms with van der Waals surface area (Å²) in [5, 5.41) is 8.63. The first-order valence-electron chi connectivity index (χ1n) is 7.30. The first-order valence-corrected chi connectivity index (χ1v) is 7.30. The summed E-state index contributed by atoms with van der Waals surface area (Å²) in [5.74, 6) is 5.31. The summed E-state index contributed by atoms with van der Waals surface area (Å²) in [6.45, 7) is 2.90. The fourth-order valence-corrected chi connectivity index (χ4v) is 2.71. The van der Waals surface area contributed by atoms with Gasteiger partial charge in [-0.25, -0.2) is 4.39 Å². The number of hydrogen-bond acceptors (Lipinski definition) is 2. The standard InChI is InChI=1S/C17H20FNO2/c1-2-4-14-10-17(21)19(11-14)12-15-7-6-13(5-3-8-20)9-16(15)18/h6-7,9,14,20H,2,4,8,10-12H2,1H3. The number of halogens is 1. The smallest absolute Gasteiger partial charge is 0.223 e. The Hall–Kier alpha value is -1.86. The van der Waals surface area contributed by atoms with Crippen LogP contribution >= 0.6 is 0 Å². The molecule has 4 heteroatoms. The van der Waals surface area contributed by atoms with Gasteiger partial charge in [-0.2, -0.15) is 0 Å². The van der Waals surface area contributed by atoms with Crippen molar-refractivity contribution < 1.29 is 14.3 Å². The van der Waals surface area contributed by atoms with Gasteiger partial charge in [-0.3, -0.25) is 4.79 Å². The lowest BCUT2D eigenvalue weighted by Gasteiger charge is -2.17. The first-order chi connectivity index (χ1) is 10.1. The Morgan fingerprint density at radius 2 is 2.29 bits per heavy atom. The van der Waals surface area contributed by atoms with Crippen LogP contribution in [0.5, 0.6) is 0 Å². The van der Waals surface area contributed by atoms with E-state index in [1.165, 1.54) is 6.07 Å². The number of rotatable bonds is 4. The molecule has 0 bridgehead atoms. The molecule has 0 saturated carbocycles. The topological polar surface area (TPSA) is 40.5 Å². The van der Waals surface area contributed by atoms with E-state index in [-0.39, 0.29) is 18.3 Å². The van der Waals surface area contributed by atoms with E-state index in [9.17, 15) is 9.18 Å². The van der Waals surface area contributed by atoms with E-state index in [1.54, 1.807) is 17.0 Å². The van der Waals surface area contributed by atoms with Crippen molar-refractivity contribution in [3.8, 4) is 11.8 Å². The predicted molar refractivity (Wildman–Crippen MR) is 78.8 cm³/mol. The third-order valence-corrected chi connectivity index (χ3v) is 3.72. The Kier molecular flexibility index (Phi) is 5.35. The second kappa shape index (κ2) is 7.24. The number of nitrogens with zero attached hydrogens (tertiary/aromatic N) is 1. The lowest BCUT2D eigenvalue weighted by atomic mass is 10.0. The summed E-state index contributed by atoms with van der Waals surface area (Å²) < 4.78 is 14.0. The van der Waals surface area contributed by atoms with Gasteiger partial charge in [0.15, 0.2) is 0 Å². The highest BCUT2D eigenvalue weighted by atomic mass is 19.1. The van der Waals surface area contributed by atoms with Crippen LogP contribution in [-0.4, -0.2) is 29.1 Å². The van der Waals surface area contributed by atoms with Crippen LogP contribution in [0.25, 0.3) is 0 Å². The van der Waals surface area contributed by atoms with Gasteiger partial charge in [0.25, 0.3) is 0 Å². The number of likely N-dealkylation sites (tertiary alicyclic amines) is 1. The molecule has 1 fully saturated rings. The fraction of sp³-hybridized carbons (Fsp3) is 0.471. The average Bonchev–Trinajstić information content (AvgIpc) is 2.80. The van der Waals surface area contributed by atoms with Crippen LogP contribution < -0.4 is 0 Å². The van der Waals surface area contributed by atoms with Crippen molar-refractivity contribution >= 4 is 5.91 Å². The zero-order valence-corrected chi connectivity index (χ0v) is 12.2. The normalized spacial score (nSPS) is 17.8. The molecule has 1 aromatic carbocycles. The fourth-order valence-electron chi connectivity index (χ4n) is 2.71. The molecule has 1 N–H and O–H groups in total. The number of carbonyl (C=O) groups is 1. The summed E-state index contributed by atoms with van der Waals surface area (Å²) in [7, 11) is 0. The van der Waals surface area contributed by atoms with Gasteiger partial charge in [-0.05, 0) is 24.5 Å². The van der Waals surface area contributed by atoms with Crippen molar-refractivity contribution in [3.63, 3.8) is 0 Å². The Balaban J connectivity index is 2.05. The molecule has 2 rings (SSSR count). The molecule has 1 heterocycles. The number of aliphatic hydroxyl groups excluding tert-OH is 1. The molecule has 1 aromatic rings. The van der Waals surface area contributed by atoms with E-state index < -0.39 is 0 Å². The number of benzene rings is 1. The van der Waals surface area contributed by atoms with Gasteiger partial charge in [-0.1, -0.05) is 31.3 Å². The lowest BCUT2D eigenvalue weighted by molar-refractivity contribution is -0.128. The molecule has 3 nitrogen and oxygen atoms in total. The van der Waals surface area contributed by atoms with E-state index in [1.807, 2.05) is 0 Å². The Labute approximate surface area is 124 Å². The molecule has 1 aliphatic rings. The molecule has 1 unspecified atom stereocenters. The molecule has 1 amide bonds. The maximum absolute atomic E-state index is 14.0. The Morgan fingerprint density at radius 1 is 1.48 bits per heavy atom. The molecular formula is C17H20FNO2. The number of amides is 1. The largest absolute Gasteiger partial charge is 0.384 e. The van der Waals surface area contributed by atoms with Crippen molar-refractivity contribution in [1.29, 1.82) is 0 Å². The first kappa shape index (κ1) is 15.5. The molecule has 21 heavy (non-hydrogen) atoms. The third kappa shape index (κ3) is 4.05. The number of aliphatic hydroxyl groups is 1. The van der Waals surface area contributed by atoms with Crippen LogP contribution in [0.15, 0.2) is 18.2 Å². The molecule has 0 radical (unpaired) electrons. The van der Waals surface area contributed by atoms with Gasteiger partial charge in [0.05, 0.1) is 0 Å². The van der Waals surface area contributed by atoms with Gasteiger partial charge in [0.2, 0.25) is 5.91 Å². The third-order valence-electron chi connectivity index (χ3n) is 3.72.